The van der Waals surface area contributed by atoms with Crippen molar-refractivity contribution in [1.82, 2.24) is 4.90 Å². The molecule has 1 fully saturated rings. The second-order valence-corrected chi connectivity index (χ2v) is 6.51. The van der Waals surface area contributed by atoms with Gasteiger partial charge in [0.2, 0.25) is 0 Å². The molecule has 1 heterocycles. The van der Waals surface area contributed by atoms with Gasteiger partial charge in [0.1, 0.15) is 5.75 Å². The van der Waals surface area contributed by atoms with Gasteiger partial charge in [0.15, 0.2) is 0 Å². The van der Waals surface area contributed by atoms with Gasteiger partial charge in [0.25, 0.3) is 0 Å². The molecule has 0 aliphatic carbocycles. The summed E-state index contributed by atoms with van der Waals surface area (Å²) >= 11 is 0. The quantitative estimate of drug-likeness (QED) is 0.777. The molecule has 0 N–H and O–H groups in total. The fourth-order valence-electron chi connectivity index (χ4n) is 3.19. The zero-order valence-electron chi connectivity index (χ0n) is 14.1. The molecule has 23 heavy (non-hydrogen) atoms. The molecule has 2 aromatic rings. The molecule has 0 bridgehead atoms. The maximum atomic E-state index is 5.98. The average molecular weight is 309 g/mol. The van der Waals surface area contributed by atoms with Crippen LogP contribution in [0.25, 0.3) is 0 Å². The molecule has 0 unspecified atom stereocenters. The normalized spacial score (nSPS) is 16.4. The minimum absolute atomic E-state index is 0.688. The van der Waals surface area contributed by atoms with E-state index in [9.17, 15) is 0 Å². The number of hydrogen-bond donors (Lipinski definition) is 0. The summed E-state index contributed by atoms with van der Waals surface area (Å²) < 4.78 is 5.98. The zero-order valence-corrected chi connectivity index (χ0v) is 14.1. The minimum Gasteiger partial charge on any atom is -0.493 e. The van der Waals surface area contributed by atoms with Crippen LogP contribution in [-0.4, -0.2) is 24.6 Å². The topological polar surface area (TPSA) is 12.5 Å². The molecule has 1 saturated heterocycles. The van der Waals surface area contributed by atoms with Crippen LogP contribution in [0, 0.1) is 5.92 Å². The predicted octanol–water partition coefficient (Wildman–Crippen LogP) is 4.54. The number of likely N-dealkylation sites (tertiary alicyclic amines) is 1. The number of nitrogens with zero attached hydrogens (tertiary/aromatic N) is 1. The predicted molar refractivity (Wildman–Crippen MR) is 95.8 cm³/mol. The minimum atomic E-state index is 0.688. The number of rotatable bonds is 6. The monoisotopic (exact) mass is 309 g/mol. The highest BCUT2D eigenvalue weighted by molar-refractivity contribution is 5.27. The summed E-state index contributed by atoms with van der Waals surface area (Å²) in [7, 11) is 0. The number of benzene rings is 2. The van der Waals surface area contributed by atoms with Gasteiger partial charge in [-0.25, -0.2) is 0 Å². The summed E-state index contributed by atoms with van der Waals surface area (Å²) in [5.74, 6) is 1.70. The second-order valence-electron chi connectivity index (χ2n) is 6.51. The summed E-state index contributed by atoms with van der Waals surface area (Å²) in [5, 5.41) is 0. The summed E-state index contributed by atoms with van der Waals surface area (Å²) in [6.45, 7) is 6.46. The first-order valence-corrected chi connectivity index (χ1v) is 8.81. The lowest BCUT2D eigenvalue weighted by Crippen LogP contribution is -2.35. The van der Waals surface area contributed by atoms with E-state index in [0.717, 1.165) is 25.3 Å². The van der Waals surface area contributed by atoms with Crippen LogP contribution in [0.1, 0.15) is 30.9 Å². The van der Waals surface area contributed by atoms with E-state index in [-0.39, 0.29) is 0 Å². The summed E-state index contributed by atoms with van der Waals surface area (Å²) in [6.07, 6.45) is 3.56. The number of piperidine rings is 1. The molecule has 3 rings (SSSR count). The first-order chi connectivity index (χ1) is 11.3. The van der Waals surface area contributed by atoms with Gasteiger partial charge in [-0.3, -0.25) is 4.90 Å². The van der Waals surface area contributed by atoms with Crippen molar-refractivity contribution < 1.29 is 4.74 Å². The maximum Gasteiger partial charge on any atom is 0.119 e. The summed E-state index contributed by atoms with van der Waals surface area (Å²) in [6, 6.07) is 19.3. The fraction of sp³-hybridized carbons (Fsp3) is 0.429. The smallest absolute Gasteiger partial charge is 0.119 e. The molecular weight excluding hydrogens is 282 g/mol. The highest BCUT2D eigenvalue weighted by Crippen LogP contribution is 2.21. The van der Waals surface area contributed by atoms with Crippen molar-refractivity contribution in [2.75, 3.05) is 19.7 Å². The van der Waals surface area contributed by atoms with Crippen molar-refractivity contribution >= 4 is 0 Å². The van der Waals surface area contributed by atoms with Crippen molar-refractivity contribution in [2.24, 2.45) is 5.92 Å². The Hall–Kier alpha value is -1.80. The third kappa shape index (κ3) is 4.84. The molecule has 0 saturated carbocycles. The summed E-state index contributed by atoms with van der Waals surface area (Å²) in [5.41, 5.74) is 2.78. The Morgan fingerprint density at radius 2 is 1.61 bits per heavy atom. The molecule has 2 nitrogen and oxygen atoms in total. The number of hydrogen-bond acceptors (Lipinski definition) is 2. The van der Waals surface area contributed by atoms with Crippen LogP contribution in [0.3, 0.4) is 0 Å². The molecule has 122 valence electrons. The molecule has 0 aromatic heterocycles. The van der Waals surface area contributed by atoms with Crippen molar-refractivity contribution in [3.63, 3.8) is 0 Å². The molecule has 0 spiro atoms. The first-order valence-electron chi connectivity index (χ1n) is 8.81. The molecule has 2 aromatic carbocycles. The largest absolute Gasteiger partial charge is 0.493 e. The van der Waals surface area contributed by atoms with Crippen LogP contribution >= 0.6 is 0 Å². The van der Waals surface area contributed by atoms with Crippen molar-refractivity contribution in [1.29, 1.82) is 0 Å². The highest BCUT2D eigenvalue weighted by atomic mass is 16.5. The highest BCUT2D eigenvalue weighted by Gasteiger charge is 2.19. The SMILES string of the molecule is CCc1ccc(OCC2CCN(Cc3ccccc3)CC2)cc1. The van der Waals surface area contributed by atoms with Crippen LogP contribution in [-0.2, 0) is 13.0 Å². The Morgan fingerprint density at radius 3 is 2.26 bits per heavy atom. The first kappa shape index (κ1) is 16.1. The van der Waals surface area contributed by atoms with E-state index in [1.165, 1.54) is 37.1 Å². The van der Waals surface area contributed by atoms with E-state index in [1.807, 2.05) is 0 Å². The van der Waals surface area contributed by atoms with Crippen LogP contribution in [0.5, 0.6) is 5.75 Å². The Labute approximate surface area is 140 Å². The van der Waals surface area contributed by atoms with Gasteiger partial charge in [0, 0.05) is 6.54 Å². The molecule has 0 radical (unpaired) electrons. The lowest BCUT2D eigenvalue weighted by molar-refractivity contribution is 0.136. The number of ether oxygens (including phenoxy) is 1. The van der Waals surface area contributed by atoms with Gasteiger partial charge in [-0.05, 0) is 61.5 Å². The van der Waals surface area contributed by atoms with Crippen LogP contribution in [0.2, 0.25) is 0 Å². The fourth-order valence-corrected chi connectivity index (χ4v) is 3.19. The second kappa shape index (κ2) is 8.16. The third-order valence-electron chi connectivity index (χ3n) is 4.77. The van der Waals surface area contributed by atoms with Crippen LogP contribution in [0.4, 0.5) is 0 Å². The molecule has 1 aliphatic heterocycles. The van der Waals surface area contributed by atoms with Crippen LogP contribution < -0.4 is 4.74 Å². The maximum absolute atomic E-state index is 5.98. The molecule has 2 heteroatoms. The average Bonchev–Trinajstić information content (AvgIpc) is 2.62. The van der Waals surface area contributed by atoms with E-state index in [4.69, 9.17) is 4.74 Å². The van der Waals surface area contributed by atoms with E-state index < -0.39 is 0 Å². The lowest BCUT2D eigenvalue weighted by atomic mass is 9.97. The Morgan fingerprint density at radius 1 is 0.913 bits per heavy atom. The van der Waals surface area contributed by atoms with Gasteiger partial charge < -0.3 is 4.74 Å². The van der Waals surface area contributed by atoms with Gasteiger partial charge in [0.05, 0.1) is 6.61 Å². The molecular formula is C21H27NO. The van der Waals surface area contributed by atoms with Crippen molar-refractivity contribution in [2.45, 2.75) is 32.7 Å². The van der Waals surface area contributed by atoms with Gasteiger partial charge in [-0.1, -0.05) is 49.4 Å². The molecule has 1 aliphatic rings. The zero-order chi connectivity index (χ0) is 15.9. The third-order valence-corrected chi connectivity index (χ3v) is 4.77. The van der Waals surface area contributed by atoms with Crippen molar-refractivity contribution in [3.8, 4) is 5.75 Å². The van der Waals surface area contributed by atoms with Crippen molar-refractivity contribution in [3.05, 3.63) is 65.7 Å². The standard InChI is InChI=1S/C21H27NO/c1-2-18-8-10-21(11-9-18)23-17-20-12-14-22(15-13-20)16-19-6-4-3-5-7-19/h3-11,20H,2,12-17H2,1H3. The van der Waals surface area contributed by atoms with E-state index in [0.29, 0.717) is 5.92 Å². The number of aryl methyl sites for hydroxylation is 1. The van der Waals surface area contributed by atoms with E-state index >= 15 is 0 Å². The Kier molecular flexibility index (Phi) is 5.71. The van der Waals surface area contributed by atoms with Gasteiger partial charge >= 0.3 is 0 Å². The Bertz CT molecular complexity index is 571. The summed E-state index contributed by atoms with van der Waals surface area (Å²) in [4.78, 5) is 2.56. The van der Waals surface area contributed by atoms with E-state index in [1.54, 1.807) is 0 Å². The molecule has 0 amide bonds. The van der Waals surface area contributed by atoms with E-state index in [2.05, 4.69) is 66.4 Å². The van der Waals surface area contributed by atoms with Gasteiger partial charge in [-0.2, -0.15) is 0 Å². The van der Waals surface area contributed by atoms with Crippen LogP contribution in [0.15, 0.2) is 54.6 Å². The lowest BCUT2D eigenvalue weighted by Gasteiger charge is -2.31. The van der Waals surface area contributed by atoms with Gasteiger partial charge in [-0.15, -0.1) is 0 Å². The molecule has 0 atom stereocenters. The Balaban J connectivity index is 1.40.